The second-order valence-electron chi connectivity index (χ2n) is 4.30. The summed E-state index contributed by atoms with van der Waals surface area (Å²) in [4.78, 5) is 2.60. The molecule has 0 bridgehead atoms. The zero-order chi connectivity index (χ0) is 9.78. The van der Waals surface area contributed by atoms with Crippen molar-refractivity contribution in [3.8, 4) is 0 Å². The fraction of sp³-hybridized carbons (Fsp3) is 0.636. The van der Waals surface area contributed by atoms with E-state index in [2.05, 4.69) is 47.3 Å². The molecule has 1 heteroatoms. The summed E-state index contributed by atoms with van der Waals surface area (Å²) in [6, 6.07) is 0. The first-order valence-electron chi connectivity index (χ1n) is 4.33. The molecule has 0 saturated carbocycles. The Morgan fingerprint density at radius 2 is 1.92 bits per heavy atom. The maximum absolute atomic E-state index is 3.90. The summed E-state index contributed by atoms with van der Waals surface area (Å²) in [7, 11) is 0. The van der Waals surface area contributed by atoms with Crippen molar-refractivity contribution in [2.45, 2.75) is 41.0 Å². The molecule has 0 nitrogen and oxygen atoms in total. The van der Waals surface area contributed by atoms with Crippen molar-refractivity contribution < 1.29 is 0 Å². The molecular weight excluding hydrogens is 164 g/mol. The molecule has 0 spiro atoms. The lowest BCUT2D eigenvalue weighted by Crippen LogP contribution is -2.04. The van der Waals surface area contributed by atoms with Gasteiger partial charge >= 0.3 is 0 Å². The Balaban J connectivity index is 4.12. The topological polar surface area (TPSA) is 0 Å². The predicted octanol–water partition coefficient (Wildman–Crippen LogP) is 4.59. The molecule has 0 aromatic carbocycles. The molecule has 0 aliphatic heterocycles. The van der Waals surface area contributed by atoms with Crippen LogP contribution in [-0.4, -0.2) is 0 Å². The van der Waals surface area contributed by atoms with E-state index < -0.39 is 0 Å². The van der Waals surface area contributed by atoms with E-state index in [-0.39, 0.29) is 0 Å². The molecule has 0 amide bonds. The fourth-order valence-electron chi connectivity index (χ4n) is 0.944. The highest BCUT2D eigenvalue weighted by Gasteiger charge is 2.12. The van der Waals surface area contributed by atoms with Crippen molar-refractivity contribution in [2.24, 2.45) is 5.41 Å². The van der Waals surface area contributed by atoms with Crippen LogP contribution < -0.4 is 0 Å². The zero-order valence-electron chi connectivity index (χ0n) is 8.90. The van der Waals surface area contributed by atoms with Gasteiger partial charge in [0.1, 0.15) is 0 Å². The smallest absolute Gasteiger partial charge is 0.0143 e. The van der Waals surface area contributed by atoms with Crippen molar-refractivity contribution >= 4 is 11.8 Å². The molecule has 0 aliphatic rings. The van der Waals surface area contributed by atoms with Crippen molar-refractivity contribution in [2.75, 3.05) is 0 Å². The van der Waals surface area contributed by atoms with Gasteiger partial charge in [-0.05, 0) is 35.5 Å². The van der Waals surface area contributed by atoms with Gasteiger partial charge in [0.2, 0.25) is 0 Å². The monoisotopic (exact) mass is 184 g/mol. The summed E-state index contributed by atoms with van der Waals surface area (Å²) in [6.07, 6.45) is 3.33. The van der Waals surface area contributed by atoms with Gasteiger partial charge in [-0.25, -0.2) is 0 Å². The minimum absolute atomic E-state index is 0.379. The Kier molecular flexibility index (Phi) is 4.69. The highest BCUT2D eigenvalue weighted by molar-refractivity contribution is 8.06. The number of allylic oxidation sites excluding steroid dienone is 3. The molecule has 0 heterocycles. The fourth-order valence-corrected chi connectivity index (χ4v) is 2.01. The summed E-state index contributed by atoms with van der Waals surface area (Å²) >= 11 is 1.79. The van der Waals surface area contributed by atoms with Crippen LogP contribution >= 0.6 is 11.8 Å². The average Bonchev–Trinajstić information content (AvgIpc) is 1.82. The summed E-state index contributed by atoms with van der Waals surface area (Å²) in [6.45, 7) is 14.8. The van der Waals surface area contributed by atoms with Gasteiger partial charge in [0.05, 0.1) is 0 Å². The third kappa shape index (κ3) is 6.53. The minimum atomic E-state index is 0.379. The number of hydrogen-bond donors (Lipinski definition) is 0. The van der Waals surface area contributed by atoms with Crippen LogP contribution in [0.4, 0.5) is 0 Å². The first-order chi connectivity index (χ1) is 5.35. The van der Waals surface area contributed by atoms with Crippen LogP contribution in [0.3, 0.4) is 0 Å². The zero-order valence-corrected chi connectivity index (χ0v) is 9.72. The third-order valence-electron chi connectivity index (χ3n) is 1.33. The maximum Gasteiger partial charge on any atom is -0.0143 e. The Hall–Kier alpha value is -0.170. The molecule has 0 radical (unpaired) electrons. The molecule has 0 saturated heterocycles. The quantitative estimate of drug-likeness (QED) is 0.618. The standard InChI is InChI=1S/C11H20S/c1-7-10(12-9(2)3)8-11(4,5)6/h7H,2,8H2,1,3-6H3/b10-7-. The summed E-state index contributed by atoms with van der Waals surface area (Å²) < 4.78 is 0. The highest BCUT2D eigenvalue weighted by atomic mass is 32.2. The molecule has 70 valence electrons. The first-order valence-corrected chi connectivity index (χ1v) is 5.15. The number of hydrogen-bond acceptors (Lipinski definition) is 1. The molecule has 0 fully saturated rings. The van der Waals surface area contributed by atoms with E-state index in [4.69, 9.17) is 0 Å². The summed E-state index contributed by atoms with van der Waals surface area (Å²) in [5.74, 6) is 0. The van der Waals surface area contributed by atoms with Gasteiger partial charge in [-0.15, -0.1) is 11.8 Å². The normalized spacial score (nSPS) is 13.2. The van der Waals surface area contributed by atoms with Gasteiger partial charge in [-0.3, -0.25) is 0 Å². The molecule has 0 N–H and O–H groups in total. The lowest BCUT2D eigenvalue weighted by Gasteiger charge is -2.19. The summed E-state index contributed by atoms with van der Waals surface area (Å²) in [5, 5.41) is 0. The van der Waals surface area contributed by atoms with Gasteiger partial charge < -0.3 is 0 Å². The van der Waals surface area contributed by atoms with Crippen LogP contribution in [0.1, 0.15) is 41.0 Å². The second-order valence-corrected chi connectivity index (χ2v) is 5.72. The molecule has 12 heavy (non-hydrogen) atoms. The van der Waals surface area contributed by atoms with Gasteiger partial charge in [0, 0.05) is 0 Å². The van der Waals surface area contributed by atoms with E-state index in [1.54, 1.807) is 11.8 Å². The van der Waals surface area contributed by atoms with Crippen LogP contribution in [0.15, 0.2) is 22.5 Å². The third-order valence-corrected chi connectivity index (χ3v) is 2.32. The number of thioether (sulfide) groups is 1. The average molecular weight is 184 g/mol. The van der Waals surface area contributed by atoms with Gasteiger partial charge in [-0.2, -0.15) is 0 Å². The van der Waals surface area contributed by atoms with Crippen molar-refractivity contribution in [3.63, 3.8) is 0 Å². The SMILES string of the molecule is C=C(C)S/C(=C\C)CC(C)(C)C. The van der Waals surface area contributed by atoms with E-state index in [0.717, 1.165) is 6.42 Å². The number of rotatable bonds is 3. The Labute approximate surface area is 81.1 Å². The van der Waals surface area contributed by atoms with Crippen LogP contribution in [0.5, 0.6) is 0 Å². The van der Waals surface area contributed by atoms with Crippen molar-refractivity contribution in [3.05, 3.63) is 22.5 Å². The highest BCUT2D eigenvalue weighted by Crippen LogP contribution is 2.33. The van der Waals surface area contributed by atoms with E-state index >= 15 is 0 Å². The van der Waals surface area contributed by atoms with Crippen molar-refractivity contribution in [1.82, 2.24) is 0 Å². The van der Waals surface area contributed by atoms with Crippen LogP contribution in [0.25, 0.3) is 0 Å². The van der Waals surface area contributed by atoms with E-state index in [0.29, 0.717) is 5.41 Å². The van der Waals surface area contributed by atoms with Crippen LogP contribution in [-0.2, 0) is 0 Å². The van der Waals surface area contributed by atoms with E-state index in [9.17, 15) is 0 Å². The molecule has 0 atom stereocenters. The Bertz CT molecular complexity index is 182. The second kappa shape index (κ2) is 4.76. The Morgan fingerprint density at radius 3 is 2.17 bits per heavy atom. The lowest BCUT2D eigenvalue weighted by atomic mass is 9.92. The summed E-state index contributed by atoms with van der Waals surface area (Å²) in [5.41, 5.74) is 0.379. The van der Waals surface area contributed by atoms with Crippen molar-refractivity contribution in [1.29, 1.82) is 0 Å². The molecule has 0 aliphatic carbocycles. The molecule has 0 unspecified atom stereocenters. The van der Waals surface area contributed by atoms with Crippen LogP contribution in [0, 0.1) is 5.41 Å². The first kappa shape index (κ1) is 11.8. The molecule has 0 aromatic heterocycles. The van der Waals surface area contributed by atoms with Crippen LogP contribution in [0.2, 0.25) is 0 Å². The molecule has 0 aromatic rings. The van der Waals surface area contributed by atoms with Gasteiger partial charge in [-0.1, -0.05) is 33.4 Å². The Morgan fingerprint density at radius 1 is 1.42 bits per heavy atom. The minimum Gasteiger partial charge on any atom is -0.100 e. The van der Waals surface area contributed by atoms with E-state index in [1.165, 1.54) is 9.81 Å². The largest absolute Gasteiger partial charge is 0.100 e. The van der Waals surface area contributed by atoms with Gasteiger partial charge in [0.25, 0.3) is 0 Å². The predicted molar refractivity (Wildman–Crippen MR) is 60.2 cm³/mol. The van der Waals surface area contributed by atoms with E-state index in [1.807, 2.05) is 0 Å². The lowest BCUT2D eigenvalue weighted by molar-refractivity contribution is 0.417. The maximum atomic E-state index is 3.90. The van der Waals surface area contributed by atoms with Gasteiger partial charge in [0.15, 0.2) is 0 Å². The molecule has 0 rings (SSSR count). The molecular formula is C11H20S.